The van der Waals surface area contributed by atoms with E-state index >= 15 is 0 Å². The van der Waals surface area contributed by atoms with Gasteiger partial charge in [0.25, 0.3) is 5.91 Å². The number of likely N-dealkylation sites (N-methyl/N-ethyl adjacent to an activating group) is 1. The molecule has 0 aliphatic carbocycles. The van der Waals surface area contributed by atoms with Crippen molar-refractivity contribution in [2.24, 2.45) is 7.05 Å². The number of hydrogen-bond donors (Lipinski definition) is 1. The van der Waals surface area contributed by atoms with Crippen molar-refractivity contribution in [3.63, 3.8) is 0 Å². The van der Waals surface area contributed by atoms with Gasteiger partial charge in [-0.25, -0.2) is 4.68 Å². The third kappa shape index (κ3) is 2.12. The summed E-state index contributed by atoms with van der Waals surface area (Å²) in [7, 11) is 3.33. The zero-order valence-corrected chi connectivity index (χ0v) is 10.4. The molecule has 1 amide bonds. The van der Waals surface area contributed by atoms with Crippen LogP contribution < -0.4 is 10.1 Å². The lowest BCUT2D eigenvalue weighted by Crippen LogP contribution is -2.58. The Balaban J connectivity index is 2.16. The average molecular weight is 238 g/mol. The first-order valence-electron chi connectivity index (χ1n) is 5.77. The summed E-state index contributed by atoms with van der Waals surface area (Å²) >= 11 is 0. The number of aromatic nitrogens is 2. The van der Waals surface area contributed by atoms with E-state index in [-0.39, 0.29) is 5.91 Å². The number of hydrogen-bond acceptors (Lipinski definition) is 4. The predicted molar refractivity (Wildman–Crippen MR) is 63.1 cm³/mol. The van der Waals surface area contributed by atoms with E-state index in [1.807, 2.05) is 11.8 Å². The van der Waals surface area contributed by atoms with Crippen molar-refractivity contribution in [2.45, 2.75) is 13.0 Å². The van der Waals surface area contributed by atoms with Gasteiger partial charge in [0.05, 0.1) is 13.2 Å². The standard InChI is InChI=1S/C11H18N4O2/c1-4-15(8-6-12-7-8)11(16)9-5-10(17-3)14(2)13-9/h5,8,12H,4,6-7H2,1-3H3. The molecule has 17 heavy (non-hydrogen) atoms. The van der Waals surface area contributed by atoms with E-state index in [9.17, 15) is 4.79 Å². The van der Waals surface area contributed by atoms with Crippen molar-refractivity contribution in [3.05, 3.63) is 11.8 Å². The molecule has 1 aromatic rings. The summed E-state index contributed by atoms with van der Waals surface area (Å²) in [5, 5.41) is 7.34. The van der Waals surface area contributed by atoms with Crippen LogP contribution in [-0.2, 0) is 7.05 Å². The van der Waals surface area contributed by atoms with Gasteiger partial charge < -0.3 is 15.0 Å². The quantitative estimate of drug-likeness (QED) is 0.793. The van der Waals surface area contributed by atoms with Crippen LogP contribution in [0.2, 0.25) is 0 Å². The van der Waals surface area contributed by atoms with E-state index in [4.69, 9.17) is 4.74 Å². The van der Waals surface area contributed by atoms with E-state index in [0.717, 1.165) is 13.1 Å². The largest absolute Gasteiger partial charge is 0.481 e. The SMILES string of the molecule is CCN(C(=O)c1cc(OC)n(C)n1)C1CNC1. The Bertz CT molecular complexity index is 412. The third-order valence-electron chi connectivity index (χ3n) is 3.07. The summed E-state index contributed by atoms with van der Waals surface area (Å²) in [5.41, 5.74) is 0.443. The molecule has 2 rings (SSSR count). The smallest absolute Gasteiger partial charge is 0.274 e. The highest BCUT2D eigenvalue weighted by atomic mass is 16.5. The van der Waals surface area contributed by atoms with Gasteiger partial charge in [-0.3, -0.25) is 4.79 Å². The summed E-state index contributed by atoms with van der Waals surface area (Å²) in [6.07, 6.45) is 0. The molecule has 1 aliphatic heterocycles. The Hall–Kier alpha value is -1.56. The lowest BCUT2D eigenvalue weighted by molar-refractivity contribution is 0.0623. The minimum absolute atomic E-state index is 0.0297. The van der Waals surface area contributed by atoms with Crippen molar-refractivity contribution >= 4 is 5.91 Å². The molecule has 0 spiro atoms. The number of amides is 1. The molecule has 0 atom stereocenters. The van der Waals surface area contributed by atoms with E-state index < -0.39 is 0 Å². The molecule has 0 unspecified atom stereocenters. The molecular weight excluding hydrogens is 220 g/mol. The molecule has 1 N–H and O–H groups in total. The maximum absolute atomic E-state index is 12.3. The van der Waals surface area contributed by atoms with Crippen molar-refractivity contribution in [2.75, 3.05) is 26.7 Å². The highest BCUT2D eigenvalue weighted by Crippen LogP contribution is 2.15. The van der Waals surface area contributed by atoms with Gasteiger partial charge in [0.15, 0.2) is 5.69 Å². The molecule has 0 aromatic carbocycles. The van der Waals surface area contributed by atoms with Crippen LogP contribution >= 0.6 is 0 Å². The van der Waals surface area contributed by atoms with Gasteiger partial charge >= 0.3 is 0 Å². The van der Waals surface area contributed by atoms with Gasteiger partial charge in [0.2, 0.25) is 5.88 Å². The minimum atomic E-state index is -0.0297. The fraction of sp³-hybridized carbons (Fsp3) is 0.636. The fourth-order valence-electron chi connectivity index (χ4n) is 1.95. The summed E-state index contributed by atoms with van der Waals surface area (Å²) in [6.45, 7) is 4.41. The van der Waals surface area contributed by atoms with Crippen molar-refractivity contribution < 1.29 is 9.53 Å². The van der Waals surface area contributed by atoms with Crippen LogP contribution in [0.5, 0.6) is 5.88 Å². The van der Waals surface area contributed by atoms with Crippen LogP contribution in [0.25, 0.3) is 0 Å². The number of carbonyl (C=O) groups is 1. The van der Waals surface area contributed by atoms with Crippen molar-refractivity contribution in [1.82, 2.24) is 20.0 Å². The maximum atomic E-state index is 12.3. The van der Waals surface area contributed by atoms with Gasteiger partial charge in [-0.15, -0.1) is 0 Å². The lowest BCUT2D eigenvalue weighted by Gasteiger charge is -2.37. The highest BCUT2D eigenvalue weighted by Gasteiger charge is 2.29. The Morgan fingerprint density at radius 1 is 1.71 bits per heavy atom. The molecule has 1 fully saturated rings. The topological polar surface area (TPSA) is 59.4 Å². The second kappa shape index (κ2) is 4.75. The molecule has 1 saturated heterocycles. The molecule has 0 saturated carbocycles. The number of carbonyl (C=O) groups excluding carboxylic acids is 1. The Kier molecular flexibility index (Phi) is 3.33. The first-order chi connectivity index (χ1) is 8.17. The Morgan fingerprint density at radius 2 is 2.41 bits per heavy atom. The molecule has 2 heterocycles. The van der Waals surface area contributed by atoms with E-state index in [2.05, 4.69) is 10.4 Å². The van der Waals surface area contributed by atoms with Crippen LogP contribution in [0, 0.1) is 0 Å². The number of nitrogens with zero attached hydrogens (tertiary/aromatic N) is 3. The summed E-state index contributed by atoms with van der Waals surface area (Å²) in [5.74, 6) is 0.564. The lowest BCUT2D eigenvalue weighted by atomic mass is 10.1. The molecule has 1 aliphatic rings. The van der Waals surface area contributed by atoms with Crippen molar-refractivity contribution in [1.29, 1.82) is 0 Å². The van der Waals surface area contributed by atoms with Crippen LogP contribution in [0.4, 0.5) is 0 Å². The second-order valence-corrected chi connectivity index (χ2v) is 4.10. The minimum Gasteiger partial charge on any atom is -0.481 e. The normalized spacial score (nSPS) is 15.5. The molecular formula is C11H18N4O2. The third-order valence-corrected chi connectivity index (χ3v) is 3.07. The van der Waals surface area contributed by atoms with E-state index in [1.54, 1.807) is 24.9 Å². The van der Waals surface area contributed by atoms with E-state index in [1.165, 1.54) is 0 Å². The van der Waals surface area contributed by atoms with Crippen LogP contribution in [0.3, 0.4) is 0 Å². The number of rotatable bonds is 4. The summed E-state index contributed by atoms with van der Waals surface area (Å²) in [4.78, 5) is 14.1. The Labute approximate surface area is 101 Å². The van der Waals surface area contributed by atoms with E-state index in [0.29, 0.717) is 24.2 Å². The number of aryl methyl sites for hydroxylation is 1. The van der Waals surface area contributed by atoms with Crippen LogP contribution in [0.15, 0.2) is 6.07 Å². The molecule has 6 heteroatoms. The highest BCUT2D eigenvalue weighted by molar-refractivity contribution is 5.93. The maximum Gasteiger partial charge on any atom is 0.274 e. The van der Waals surface area contributed by atoms with Gasteiger partial charge in [-0.2, -0.15) is 5.10 Å². The van der Waals surface area contributed by atoms with Crippen LogP contribution in [-0.4, -0.2) is 53.4 Å². The number of methoxy groups -OCH3 is 1. The fourth-order valence-corrected chi connectivity index (χ4v) is 1.95. The van der Waals surface area contributed by atoms with Gasteiger partial charge in [-0.1, -0.05) is 0 Å². The number of ether oxygens (including phenoxy) is 1. The van der Waals surface area contributed by atoms with Crippen molar-refractivity contribution in [3.8, 4) is 5.88 Å². The zero-order valence-electron chi connectivity index (χ0n) is 10.4. The average Bonchev–Trinajstić information content (AvgIpc) is 2.63. The van der Waals surface area contributed by atoms with Gasteiger partial charge in [-0.05, 0) is 6.92 Å². The molecule has 0 radical (unpaired) electrons. The monoisotopic (exact) mass is 238 g/mol. The van der Waals surface area contributed by atoms with Gasteiger partial charge in [0, 0.05) is 32.7 Å². The molecule has 0 bridgehead atoms. The van der Waals surface area contributed by atoms with Gasteiger partial charge in [0.1, 0.15) is 0 Å². The zero-order chi connectivity index (χ0) is 12.4. The molecule has 94 valence electrons. The predicted octanol–water partition coefficient (Wildman–Crippen LogP) is -0.137. The van der Waals surface area contributed by atoms with Crippen LogP contribution in [0.1, 0.15) is 17.4 Å². The second-order valence-electron chi connectivity index (χ2n) is 4.10. The molecule has 6 nitrogen and oxygen atoms in total. The summed E-state index contributed by atoms with van der Waals surface area (Å²) in [6, 6.07) is 1.97. The first kappa shape index (κ1) is 11.9. The first-order valence-corrected chi connectivity index (χ1v) is 5.77. The Morgan fingerprint density at radius 3 is 2.82 bits per heavy atom. The molecule has 1 aromatic heterocycles. The number of nitrogens with one attached hydrogen (secondary N) is 1. The summed E-state index contributed by atoms with van der Waals surface area (Å²) < 4.78 is 6.68.